The summed E-state index contributed by atoms with van der Waals surface area (Å²) in [5.74, 6) is 1.05. The molecular weight excluding hydrogens is 247 g/mol. The molecule has 82 valence electrons. The van der Waals surface area contributed by atoms with Crippen LogP contribution in [0.5, 0.6) is 11.5 Å². The van der Waals surface area contributed by atoms with Crippen LogP contribution in [0.2, 0.25) is 10.0 Å². The zero-order valence-corrected chi connectivity index (χ0v) is 9.66. The lowest BCUT2D eigenvalue weighted by molar-refractivity contribution is 0.482. The Morgan fingerprint density at radius 1 is 1.19 bits per heavy atom. The highest BCUT2D eigenvalue weighted by Crippen LogP contribution is 2.34. The van der Waals surface area contributed by atoms with E-state index in [-0.39, 0.29) is 0 Å². The third-order valence-electron chi connectivity index (χ3n) is 1.91. The standard InChI is InChI=1S/C11H8Cl2N2O/c12-8-4-10(14)11(5-9(8)13)16-7-2-1-3-15-6-7/h1-6H,14H2. The summed E-state index contributed by atoms with van der Waals surface area (Å²) in [6.07, 6.45) is 3.24. The van der Waals surface area contributed by atoms with Gasteiger partial charge in [-0.05, 0) is 18.2 Å². The summed E-state index contributed by atoms with van der Waals surface area (Å²) >= 11 is 11.7. The summed E-state index contributed by atoms with van der Waals surface area (Å²) < 4.78 is 5.51. The van der Waals surface area contributed by atoms with Crippen molar-refractivity contribution in [2.24, 2.45) is 0 Å². The molecule has 0 saturated carbocycles. The number of anilines is 1. The number of rotatable bonds is 2. The number of nitrogens with zero attached hydrogens (tertiary/aromatic N) is 1. The predicted molar refractivity (Wildman–Crippen MR) is 65.2 cm³/mol. The molecule has 0 bridgehead atoms. The average molecular weight is 255 g/mol. The van der Waals surface area contributed by atoms with Gasteiger partial charge in [0.1, 0.15) is 5.75 Å². The first kappa shape index (κ1) is 11.0. The zero-order valence-electron chi connectivity index (χ0n) is 8.15. The van der Waals surface area contributed by atoms with E-state index >= 15 is 0 Å². The average Bonchev–Trinajstić information content (AvgIpc) is 2.27. The van der Waals surface area contributed by atoms with Crippen LogP contribution in [0, 0.1) is 0 Å². The first-order valence-electron chi connectivity index (χ1n) is 4.49. The minimum Gasteiger partial charge on any atom is -0.454 e. The second-order valence-electron chi connectivity index (χ2n) is 3.09. The predicted octanol–water partition coefficient (Wildman–Crippen LogP) is 3.76. The molecule has 0 aliphatic carbocycles. The number of hydrogen-bond acceptors (Lipinski definition) is 3. The van der Waals surface area contributed by atoms with E-state index in [4.69, 9.17) is 33.7 Å². The van der Waals surface area contributed by atoms with Crippen LogP contribution in [0.1, 0.15) is 0 Å². The van der Waals surface area contributed by atoms with E-state index in [9.17, 15) is 0 Å². The number of nitrogen functional groups attached to an aromatic ring is 1. The number of halogens is 2. The Bertz CT molecular complexity index is 503. The molecule has 0 aliphatic rings. The van der Waals surface area contributed by atoms with Crippen molar-refractivity contribution in [3.8, 4) is 11.5 Å². The summed E-state index contributed by atoms with van der Waals surface area (Å²) in [6, 6.07) is 6.67. The Labute approximate surface area is 103 Å². The van der Waals surface area contributed by atoms with Crippen molar-refractivity contribution in [1.82, 2.24) is 4.98 Å². The van der Waals surface area contributed by atoms with Gasteiger partial charge in [-0.25, -0.2) is 0 Å². The van der Waals surface area contributed by atoms with Crippen LogP contribution in [0.25, 0.3) is 0 Å². The van der Waals surface area contributed by atoms with Gasteiger partial charge in [0, 0.05) is 12.3 Å². The summed E-state index contributed by atoms with van der Waals surface area (Å²) in [7, 11) is 0. The molecule has 0 saturated heterocycles. The Morgan fingerprint density at radius 2 is 1.94 bits per heavy atom. The van der Waals surface area contributed by atoms with Gasteiger partial charge in [-0.15, -0.1) is 0 Å². The Morgan fingerprint density at radius 3 is 2.62 bits per heavy atom. The molecule has 16 heavy (non-hydrogen) atoms. The van der Waals surface area contributed by atoms with Crippen LogP contribution in [0.3, 0.4) is 0 Å². The number of aromatic nitrogens is 1. The molecular formula is C11H8Cl2N2O. The van der Waals surface area contributed by atoms with E-state index < -0.39 is 0 Å². The second-order valence-corrected chi connectivity index (χ2v) is 3.91. The van der Waals surface area contributed by atoms with E-state index in [2.05, 4.69) is 4.98 Å². The molecule has 0 spiro atoms. The Balaban J connectivity index is 2.32. The molecule has 0 atom stereocenters. The van der Waals surface area contributed by atoms with Gasteiger partial charge < -0.3 is 10.5 Å². The van der Waals surface area contributed by atoms with Crippen LogP contribution in [0.4, 0.5) is 5.69 Å². The fourth-order valence-corrected chi connectivity index (χ4v) is 1.49. The number of hydrogen-bond donors (Lipinski definition) is 1. The van der Waals surface area contributed by atoms with E-state index in [0.29, 0.717) is 27.2 Å². The molecule has 3 nitrogen and oxygen atoms in total. The van der Waals surface area contributed by atoms with Crippen molar-refractivity contribution in [2.75, 3.05) is 5.73 Å². The van der Waals surface area contributed by atoms with Crippen LogP contribution in [0.15, 0.2) is 36.7 Å². The Hall–Kier alpha value is -1.45. The molecule has 0 unspecified atom stereocenters. The molecule has 0 aliphatic heterocycles. The van der Waals surface area contributed by atoms with Crippen molar-refractivity contribution in [1.29, 1.82) is 0 Å². The summed E-state index contributed by atoms with van der Waals surface area (Å²) in [4.78, 5) is 3.93. The van der Waals surface area contributed by atoms with Gasteiger partial charge in [-0.1, -0.05) is 23.2 Å². The third-order valence-corrected chi connectivity index (χ3v) is 2.64. The lowest BCUT2D eigenvalue weighted by atomic mass is 10.3. The first-order chi connectivity index (χ1) is 7.66. The van der Waals surface area contributed by atoms with Gasteiger partial charge in [-0.3, -0.25) is 4.98 Å². The molecule has 5 heteroatoms. The molecule has 1 heterocycles. The zero-order chi connectivity index (χ0) is 11.5. The highest BCUT2D eigenvalue weighted by atomic mass is 35.5. The highest BCUT2D eigenvalue weighted by Gasteiger charge is 2.07. The van der Waals surface area contributed by atoms with Gasteiger partial charge in [-0.2, -0.15) is 0 Å². The van der Waals surface area contributed by atoms with Gasteiger partial charge in [0.25, 0.3) is 0 Å². The summed E-state index contributed by atoms with van der Waals surface area (Å²) in [5.41, 5.74) is 6.18. The van der Waals surface area contributed by atoms with Crippen LogP contribution in [-0.2, 0) is 0 Å². The molecule has 2 rings (SSSR count). The maximum atomic E-state index is 5.87. The maximum Gasteiger partial charge on any atom is 0.151 e. The van der Waals surface area contributed by atoms with Crippen molar-refractivity contribution in [3.05, 3.63) is 46.7 Å². The third kappa shape index (κ3) is 2.38. The SMILES string of the molecule is Nc1cc(Cl)c(Cl)cc1Oc1cccnc1. The first-order valence-corrected chi connectivity index (χ1v) is 5.25. The topological polar surface area (TPSA) is 48.1 Å². The molecule has 2 aromatic rings. The van der Waals surface area contributed by atoms with Crippen molar-refractivity contribution >= 4 is 28.9 Å². The lowest BCUT2D eigenvalue weighted by Gasteiger charge is -2.09. The summed E-state index contributed by atoms with van der Waals surface area (Å²) in [6.45, 7) is 0. The largest absolute Gasteiger partial charge is 0.454 e. The minimum atomic E-state index is 0.398. The van der Waals surface area contributed by atoms with Crippen molar-refractivity contribution in [2.45, 2.75) is 0 Å². The van der Waals surface area contributed by atoms with Crippen LogP contribution in [-0.4, -0.2) is 4.98 Å². The molecule has 0 amide bonds. The van der Waals surface area contributed by atoms with E-state index in [1.807, 2.05) is 0 Å². The normalized spacial score (nSPS) is 10.1. The Kier molecular flexibility index (Phi) is 3.17. The molecule has 0 radical (unpaired) electrons. The fourth-order valence-electron chi connectivity index (χ4n) is 1.17. The number of pyridine rings is 1. The van der Waals surface area contributed by atoms with Gasteiger partial charge in [0.15, 0.2) is 5.75 Å². The van der Waals surface area contributed by atoms with Crippen molar-refractivity contribution in [3.63, 3.8) is 0 Å². The maximum absolute atomic E-state index is 5.87. The van der Waals surface area contributed by atoms with Gasteiger partial charge in [0.05, 0.1) is 21.9 Å². The number of ether oxygens (including phenoxy) is 1. The fraction of sp³-hybridized carbons (Fsp3) is 0. The van der Waals surface area contributed by atoms with E-state index in [0.717, 1.165) is 0 Å². The molecule has 0 fully saturated rings. The van der Waals surface area contributed by atoms with E-state index in [1.165, 1.54) is 0 Å². The van der Waals surface area contributed by atoms with E-state index in [1.54, 1.807) is 36.7 Å². The van der Waals surface area contributed by atoms with Gasteiger partial charge in [0.2, 0.25) is 0 Å². The summed E-state index contributed by atoms with van der Waals surface area (Å²) in [5, 5.41) is 0.799. The molecule has 1 aromatic carbocycles. The number of benzene rings is 1. The van der Waals surface area contributed by atoms with Crippen molar-refractivity contribution < 1.29 is 4.74 Å². The quantitative estimate of drug-likeness (QED) is 0.831. The monoisotopic (exact) mass is 254 g/mol. The van der Waals surface area contributed by atoms with Crippen LogP contribution < -0.4 is 10.5 Å². The highest BCUT2D eigenvalue weighted by molar-refractivity contribution is 6.42. The van der Waals surface area contributed by atoms with Crippen LogP contribution >= 0.6 is 23.2 Å². The molecule has 2 N–H and O–H groups in total. The molecule has 1 aromatic heterocycles. The lowest BCUT2D eigenvalue weighted by Crippen LogP contribution is -1.92. The smallest absolute Gasteiger partial charge is 0.151 e. The second kappa shape index (κ2) is 4.60. The minimum absolute atomic E-state index is 0.398. The van der Waals surface area contributed by atoms with Gasteiger partial charge >= 0.3 is 0 Å². The number of nitrogens with two attached hydrogens (primary N) is 1.